The maximum absolute atomic E-state index is 12.8. The number of hydrogen-bond acceptors (Lipinski definition) is 2. The lowest BCUT2D eigenvalue weighted by atomic mass is 9.62. The number of aliphatic carboxylic acids is 1. The normalized spacial score (nSPS) is 36.4. The van der Waals surface area contributed by atoms with E-state index in [1.165, 1.54) is 5.56 Å². The molecule has 2 saturated carbocycles. The van der Waals surface area contributed by atoms with Gasteiger partial charge in [-0.25, -0.2) is 0 Å². The van der Waals surface area contributed by atoms with Crippen LogP contribution >= 0.6 is 0 Å². The summed E-state index contributed by atoms with van der Waals surface area (Å²) in [6.45, 7) is 4.03. The van der Waals surface area contributed by atoms with Gasteiger partial charge in [-0.05, 0) is 67.2 Å². The zero-order chi connectivity index (χ0) is 16.3. The van der Waals surface area contributed by atoms with Crippen molar-refractivity contribution in [2.24, 2.45) is 35.5 Å². The highest BCUT2D eigenvalue weighted by Crippen LogP contribution is 2.63. The van der Waals surface area contributed by atoms with Crippen molar-refractivity contribution in [1.82, 2.24) is 0 Å². The maximum Gasteiger partial charge on any atom is 0.307 e. The van der Waals surface area contributed by atoms with Gasteiger partial charge in [0.15, 0.2) is 0 Å². The van der Waals surface area contributed by atoms with Gasteiger partial charge in [0.05, 0.1) is 11.8 Å². The first-order valence-electron chi connectivity index (χ1n) is 8.26. The van der Waals surface area contributed by atoms with E-state index in [0.717, 1.165) is 17.7 Å². The molecule has 4 aliphatic rings. The number of allylic oxidation sites excluding steroid dienone is 2. The molecule has 0 spiro atoms. The van der Waals surface area contributed by atoms with Gasteiger partial charge in [-0.1, -0.05) is 18.2 Å². The first kappa shape index (κ1) is 14.5. The van der Waals surface area contributed by atoms with Gasteiger partial charge in [0.2, 0.25) is 5.91 Å². The second-order valence-electron chi connectivity index (χ2n) is 7.28. The molecule has 0 radical (unpaired) electrons. The number of rotatable bonds is 3. The fourth-order valence-electron chi connectivity index (χ4n) is 4.61. The third-order valence-electron chi connectivity index (χ3n) is 6.01. The van der Waals surface area contributed by atoms with Crippen LogP contribution in [0, 0.1) is 49.4 Å². The Balaban J connectivity index is 1.60. The number of carbonyl (C=O) groups is 2. The highest BCUT2D eigenvalue weighted by Gasteiger charge is 2.62. The predicted molar refractivity (Wildman–Crippen MR) is 86.9 cm³/mol. The van der Waals surface area contributed by atoms with Crippen molar-refractivity contribution in [1.29, 1.82) is 0 Å². The molecule has 4 nitrogen and oxygen atoms in total. The van der Waals surface area contributed by atoms with Crippen molar-refractivity contribution >= 4 is 17.6 Å². The van der Waals surface area contributed by atoms with Crippen LogP contribution in [0.15, 0.2) is 30.4 Å². The molecule has 2 N–H and O–H groups in total. The Labute approximate surface area is 135 Å². The SMILES string of the molecule is Cc1ccc(NC(=O)[C@@H]2[C@H]3C=C[C@@H]([C@@H]4C[C@H]34)[C@@H]2C(=O)O)cc1C. The highest BCUT2D eigenvalue weighted by molar-refractivity contribution is 5.96. The average Bonchev–Trinajstić information content (AvgIpc) is 3.32. The van der Waals surface area contributed by atoms with Crippen LogP contribution in [-0.4, -0.2) is 17.0 Å². The molecule has 0 aromatic heterocycles. The van der Waals surface area contributed by atoms with Gasteiger partial charge in [-0.15, -0.1) is 0 Å². The summed E-state index contributed by atoms with van der Waals surface area (Å²) in [6.07, 6.45) is 5.19. The molecule has 1 aromatic carbocycles. The van der Waals surface area contributed by atoms with E-state index in [1.54, 1.807) is 0 Å². The average molecular weight is 311 g/mol. The Morgan fingerprint density at radius 1 is 1.04 bits per heavy atom. The molecule has 23 heavy (non-hydrogen) atoms. The number of anilines is 1. The number of carboxylic acid groups (broad SMARTS) is 1. The Morgan fingerprint density at radius 2 is 1.70 bits per heavy atom. The summed E-state index contributed by atoms with van der Waals surface area (Å²) >= 11 is 0. The topological polar surface area (TPSA) is 66.4 Å². The summed E-state index contributed by atoms with van der Waals surface area (Å²) in [6, 6.07) is 5.80. The monoisotopic (exact) mass is 311 g/mol. The van der Waals surface area contributed by atoms with E-state index in [2.05, 4.69) is 11.4 Å². The lowest BCUT2D eigenvalue weighted by molar-refractivity contribution is -0.152. The molecule has 4 heteroatoms. The van der Waals surface area contributed by atoms with Gasteiger partial charge in [0.1, 0.15) is 0 Å². The summed E-state index contributed by atoms with van der Waals surface area (Å²) in [5.41, 5.74) is 3.04. The summed E-state index contributed by atoms with van der Waals surface area (Å²) in [5, 5.41) is 12.6. The van der Waals surface area contributed by atoms with Crippen LogP contribution in [0.4, 0.5) is 5.69 Å². The number of amides is 1. The number of carboxylic acids is 1. The Morgan fingerprint density at radius 3 is 2.30 bits per heavy atom. The molecule has 4 aliphatic carbocycles. The Hall–Kier alpha value is -2.10. The van der Waals surface area contributed by atoms with E-state index < -0.39 is 17.8 Å². The van der Waals surface area contributed by atoms with Gasteiger partial charge in [-0.2, -0.15) is 0 Å². The predicted octanol–water partition coefficient (Wildman–Crippen LogP) is 3.01. The number of benzene rings is 1. The molecule has 2 fully saturated rings. The van der Waals surface area contributed by atoms with Gasteiger partial charge >= 0.3 is 5.97 Å². The van der Waals surface area contributed by atoms with Gasteiger partial charge in [-0.3, -0.25) is 9.59 Å². The minimum absolute atomic E-state index is 0.0259. The lowest BCUT2D eigenvalue weighted by Gasteiger charge is -2.41. The van der Waals surface area contributed by atoms with Crippen LogP contribution in [0.1, 0.15) is 17.5 Å². The standard InChI is InChI=1S/C19H21NO3/c1-9-3-4-11(7-10(9)2)20-18(21)16-12-5-6-13(15-8-14(12)15)17(16)19(22)23/h3-7,12-17H,8H2,1-2H3,(H,20,21)(H,22,23)/t12-,13-,14+,15-,16+,17-/m0/s1. The van der Waals surface area contributed by atoms with Crippen molar-refractivity contribution in [3.63, 3.8) is 0 Å². The van der Waals surface area contributed by atoms with E-state index in [1.807, 2.05) is 38.1 Å². The van der Waals surface area contributed by atoms with Crippen molar-refractivity contribution in [2.45, 2.75) is 20.3 Å². The Kier molecular flexibility index (Phi) is 3.12. The lowest BCUT2D eigenvalue weighted by Crippen LogP contribution is -2.48. The molecule has 120 valence electrons. The molecule has 0 saturated heterocycles. The molecule has 5 rings (SSSR count). The van der Waals surface area contributed by atoms with Crippen LogP contribution in [0.5, 0.6) is 0 Å². The highest BCUT2D eigenvalue weighted by atomic mass is 16.4. The summed E-state index contributed by atoms with van der Waals surface area (Å²) in [4.78, 5) is 24.6. The van der Waals surface area contributed by atoms with Crippen LogP contribution in [-0.2, 0) is 9.59 Å². The second-order valence-corrected chi connectivity index (χ2v) is 7.28. The van der Waals surface area contributed by atoms with Gasteiger partial charge in [0, 0.05) is 5.69 Å². The molecular formula is C19H21NO3. The summed E-state index contributed by atoms with van der Waals surface area (Å²) in [5.74, 6) is -0.919. The van der Waals surface area contributed by atoms with E-state index in [-0.39, 0.29) is 17.7 Å². The fraction of sp³-hybridized carbons (Fsp3) is 0.474. The number of aryl methyl sites for hydroxylation is 2. The molecular weight excluding hydrogens is 290 g/mol. The minimum atomic E-state index is -0.838. The van der Waals surface area contributed by atoms with Crippen molar-refractivity contribution < 1.29 is 14.7 Å². The van der Waals surface area contributed by atoms with Crippen LogP contribution < -0.4 is 5.32 Å². The van der Waals surface area contributed by atoms with E-state index in [9.17, 15) is 14.7 Å². The molecule has 0 aliphatic heterocycles. The van der Waals surface area contributed by atoms with Crippen molar-refractivity contribution in [2.75, 3.05) is 5.32 Å². The number of fused-ring (bicyclic) bond motifs is 1. The molecule has 0 heterocycles. The largest absolute Gasteiger partial charge is 0.481 e. The quantitative estimate of drug-likeness (QED) is 0.843. The van der Waals surface area contributed by atoms with Gasteiger partial charge < -0.3 is 10.4 Å². The zero-order valence-corrected chi connectivity index (χ0v) is 13.3. The smallest absolute Gasteiger partial charge is 0.307 e. The second kappa shape index (κ2) is 4.95. The van der Waals surface area contributed by atoms with E-state index in [0.29, 0.717) is 11.8 Å². The van der Waals surface area contributed by atoms with Gasteiger partial charge in [0.25, 0.3) is 0 Å². The minimum Gasteiger partial charge on any atom is -0.481 e. The number of nitrogens with one attached hydrogen (secondary N) is 1. The van der Waals surface area contributed by atoms with E-state index >= 15 is 0 Å². The third kappa shape index (κ3) is 2.19. The summed E-state index contributed by atoms with van der Waals surface area (Å²) < 4.78 is 0. The van der Waals surface area contributed by atoms with Crippen LogP contribution in [0.25, 0.3) is 0 Å². The van der Waals surface area contributed by atoms with Crippen molar-refractivity contribution in [3.8, 4) is 0 Å². The molecule has 6 atom stereocenters. The van der Waals surface area contributed by atoms with Crippen LogP contribution in [0.2, 0.25) is 0 Å². The maximum atomic E-state index is 12.8. The first-order valence-corrected chi connectivity index (χ1v) is 8.26. The molecule has 1 aromatic rings. The Bertz CT molecular complexity index is 723. The van der Waals surface area contributed by atoms with Crippen molar-refractivity contribution in [3.05, 3.63) is 41.5 Å². The fourth-order valence-corrected chi connectivity index (χ4v) is 4.61. The molecule has 1 amide bonds. The van der Waals surface area contributed by atoms with Crippen LogP contribution in [0.3, 0.4) is 0 Å². The summed E-state index contributed by atoms with van der Waals surface area (Å²) in [7, 11) is 0. The first-order chi connectivity index (χ1) is 11.0. The number of carbonyl (C=O) groups excluding carboxylic acids is 1. The molecule has 2 bridgehead atoms. The zero-order valence-electron chi connectivity index (χ0n) is 13.3. The number of hydrogen-bond donors (Lipinski definition) is 2. The van der Waals surface area contributed by atoms with E-state index in [4.69, 9.17) is 0 Å². The molecule has 0 unspecified atom stereocenters. The third-order valence-corrected chi connectivity index (χ3v) is 6.01.